The molecule has 8 heteroatoms. The Labute approximate surface area is 102 Å². The largest absolute Gasteiger partial charge is 0.477 e. The zero-order valence-corrected chi connectivity index (χ0v) is 9.58. The number of pyridine rings is 1. The number of hydrogen-bond donors (Lipinski definition) is 3. The van der Waals surface area contributed by atoms with Gasteiger partial charge in [0.1, 0.15) is 12.2 Å². The Bertz CT molecular complexity index is 471. The van der Waals surface area contributed by atoms with Crippen LogP contribution in [0.1, 0.15) is 10.5 Å². The van der Waals surface area contributed by atoms with Gasteiger partial charge in [0.25, 0.3) is 0 Å². The van der Waals surface area contributed by atoms with Gasteiger partial charge in [-0.05, 0) is 12.1 Å². The summed E-state index contributed by atoms with van der Waals surface area (Å²) in [6.07, 6.45) is 1.21. The van der Waals surface area contributed by atoms with Crippen LogP contribution in [0.25, 0.3) is 0 Å². The fraction of sp³-hybridized carbons (Fsp3) is 0.200. The fourth-order valence-electron chi connectivity index (χ4n) is 1.12. The van der Waals surface area contributed by atoms with Crippen molar-refractivity contribution < 1.29 is 19.5 Å². The Balaban J connectivity index is 2.64. The maximum atomic E-state index is 11.5. The third kappa shape index (κ3) is 3.74. The number of anilines is 1. The number of hydrogen-bond acceptors (Lipinski definition) is 4. The fourth-order valence-corrected chi connectivity index (χ4v) is 1.12. The molecule has 0 unspecified atom stereocenters. The molecule has 96 valence electrons. The molecule has 0 aliphatic rings. The standard InChI is InChI=1S/C10H12N4O4/c1-14(5-8(11)15)10(18)13-6-2-3-7(9(16)17)12-4-6/h2-4H,5H2,1H3,(H2,11,15)(H,13,18)(H,16,17). The lowest BCUT2D eigenvalue weighted by atomic mass is 10.3. The number of rotatable bonds is 4. The number of carbonyl (C=O) groups excluding carboxylic acids is 2. The minimum atomic E-state index is -1.15. The highest BCUT2D eigenvalue weighted by Crippen LogP contribution is 2.07. The molecular formula is C10H12N4O4. The van der Waals surface area contributed by atoms with Crippen molar-refractivity contribution in [3.63, 3.8) is 0 Å². The zero-order chi connectivity index (χ0) is 13.7. The summed E-state index contributed by atoms with van der Waals surface area (Å²) in [7, 11) is 1.40. The first-order valence-electron chi connectivity index (χ1n) is 4.90. The number of nitrogens with one attached hydrogen (secondary N) is 1. The first kappa shape index (κ1) is 13.4. The number of urea groups is 1. The monoisotopic (exact) mass is 252 g/mol. The van der Waals surface area contributed by atoms with Crippen molar-refractivity contribution in [1.82, 2.24) is 9.88 Å². The third-order valence-electron chi connectivity index (χ3n) is 1.97. The maximum absolute atomic E-state index is 11.5. The molecule has 8 nitrogen and oxygen atoms in total. The summed E-state index contributed by atoms with van der Waals surface area (Å²) in [5, 5.41) is 11.1. The number of nitrogens with two attached hydrogens (primary N) is 1. The number of likely N-dealkylation sites (N-methyl/N-ethyl adjacent to an activating group) is 1. The summed E-state index contributed by atoms with van der Waals surface area (Å²) >= 11 is 0. The Kier molecular flexibility index (Phi) is 4.19. The van der Waals surface area contributed by atoms with Crippen molar-refractivity contribution in [2.45, 2.75) is 0 Å². The topological polar surface area (TPSA) is 126 Å². The number of aromatic nitrogens is 1. The summed E-state index contributed by atoms with van der Waals surface area (Å²) in [5.74, 6) is -1.79. The zero-order valence-electron chi connectivity index (χ0n) is 9.58. The van der Waals surface area contributed by atoms with E-state index in [1.165, 1.54) is 25.4 Å². The van der Waals surface area contributed by atoms with Crippen LogP contribution in [0, 0.1) is 0 Å². The smallest absolute Gasteiger partial charge is 0.354 e. The summed E-state index contributed by atoms with van der Waals surface area (Å²) in [4.78, 5) is 37.4. The number of primary amides is 1. The lowest BCUT2D eigenvalue weighted by molar-refractivity contribution is -0.118. The summed E-state index contributed by atoms with van der Waals surface area (Å²) in [6, 6.07) is 2.11. The van der Waals surface area contributed by atoms with Crippen LogP contribution in [0.4, 0.5) is 10.5 Å². The van der Waals surface area contributed by atoms with Gasteiger partial charge in [0, 0.05) is 7.05 Å². The van der Waals surface area contributed by atoms with Crippen LogP contribution in [-0.4, -0.2) is 46.5 Å². The molecule has 1 heterocycles. The van der Waals surface area contributed by atoms with Gasteiger partial charge in [-0.1, -0.05) is 0 Å². The molecular weight excluding hydrogens is 240 g/mol. The molecule has 0 saturated heterocycles. The molecule has 0 aliphatic carbocycles. The molecule has 0 radical (unpaired) electrons. The predicted octanol–water partition coefficient (Wildman–Crippen LogP) is -0.271. The molecule has 4 N–H and O–H groups in total. The molecule has 18 heavy (non-hydrogen) atoms. The lowest BCUT2D eigenvalue weighted by Crippen LogP contribution is -2.38. The van der Waals surface area contributed by atoms with E-state index < -0.39 is 17.9 Å². The quantitative estimate of drug-likeness (QED) is 0.680. The van der Waals surface area contributed by atoms with E-state index in [9.17, 15) is 14.4 Å². The SMILES string of the molecule is CN(CC(N)=O)C(=O)Nc1ccc(C(=O)O)nc1. The van der Waals surface area contributed by atoms with Crippen LogP contribution in [0.15, 0.2) is 18.3 Å². The minimum Gasteiger partial charge on any atom is -0.477 e. The first-order valence-corrected chi connectivity index (χ1v) is 4.90. The Hall–Kier alpha value is -2.64. The Morgan fingerprint density at radius 3 is 2.56 bits per heavy atom. The van der Waals surface area contributed by atoms with E-state index in [0.29, 0.717) is 5.69 Å². The van der Waals surface area contributed by atoms with Gasteiger partial charge in [-0.3, -0.25) is 4.79 Å². The summed E-state index contributed by atoms with van der Waals surface area (Å²) in [5.41, 5.74) is 5.13. The van der Waals surface area contributed by atoms with Gasteiger partial charge in [-0.25, -0.2) is 14.6 Å². The van der Waals surface area contributed by atoms with Crippen molar-refractivity contribution in [1.29, 1.82) is 0 Å². The lowest BCUT2D eigenvalue weighted by Gasteiger charge is -2.15. The molecule has 0 fully saturated rings. The summed E-state index contributed by atoms with van der Waals surface area (Å²) in [6.45, 7) is -0.216. The van der Waals surface area contributed by atoms with Crippen LogP contribution >= 0.6 is 0 Å². The normalized spacial score (nSPS) is 9.61. The number of amides is 3. The molecule has 0 atom stereocenters. The van der Waals surface area contributed by atoms with Gasteiger partial charge in [-0.15, -0.1) is 0 Å². The molecule has 0 aromatic carbocycles. The number of aromatic carboxylic acids is 1. The highest BCUT2D eigenvalue weighted by atomic mass is 16.4. The van der Waals surface area contributed by atoms with E-state index >= 15 is 0 Å². The van der Waals surface area contributed by atoms with Crippen LogP contribution in [-0.2, 0) is 4.79 Å². The van der Waals surface area contributed by atoms with Crippen molar-refractivity contribution in [2.24, 2.45) is 5.73 Å². The Morgan fingerprint density at radius 2 is 2.11 bits per heavy atom. The molecule has 0 aliphatic heterocycles. The first-order chi connectivity index (χ1) is 8.40. The Morgan fingerprint density at radius 1 is 1.44 bits per heavy atom. The van der Waals surface area contributed by atoms with E-state index in [4.69, 9.17) is 10.8 Å². The van der Waals surface area contributed by atoms with Crippen LogP contribution < -0.4 is 11.1 Å². The van der Waals surface area contributed by atoms with Crippen LogP contribution in [0.5, 0.6) is 0 Å². The molecule has 0 spiro atoms. The van der Waals surface area contributed by atoms with Crippen molar-refractivity contribution in [3.05, 3.63) is 24.0 Å². The van der Waals surface area contributed by atoms with E-state index in [-0.39, 0.29) is 12.2 Å². The van der Waals surface area contributed by atoms with Crippen molar-refractivity contribution >= 4 is 23.6 Å². The van der Waals surface area contributed by atoms with Gasteiger partial charge in [-0.2, -0.15) is 0 Å². The van der Waals surface area contributed by atoms with Crippen molar-refractivity contribution in [3.8, 4) is 0 Å². The minimum absolute atomic E-state index is 0.126. The van der Waals surface area contributed by atoms with Gasteiger partial charge in [0.2, 0.25) is 5.91 Å². The molecule has 0 bridgehead atoms. The average molecular weight is 252 g/mol. The van der Waals surface area contributed by atoms with Crippen LogP contribution in [0.2, 0.25) is 0 Å². The summed E-state index contributed by atoms with van der Waals surface area (Å²) < 4.78 is 0. The second kappa shape index (κ2) is 5.62. The highest BCUT2D eigenvalue weighted by Gasteiger charge is 2.11. The van der Waals surface area contributed by atoms with Gasteiger partial charge in [0.05, 0.1) is 11.9 Å². The average Bonchev–Trinajstić information content (AvgIpc) is 2.28. The number of carbonyl (C=O) groups is 3. The van der Waals surface area contributed by atoms with E-state index in [2.05, 4.69) is 10.3 Å². The molecule has 1 aromatic rings. The maximum Gasteiger partial charge on any atom is 0.354 e. The number of carboxylic acids is 1. The molecule has 0 saturated carbocycles. The number of nitrogens with zero attached hydrogens (tertiary/aromatic N) is 2. The van der Waals surface area contributed by atoms with Gasteiger partial charge >= 0.3 is 12.0 Å². The van der Waals surface area contributed by atoms with Gasteiger partial charge in [0.15, 0.2) is 0 Å². The number of carboxylic acid groups (broad SMARTS) is 1. The second-order valence-electron chi connectivity index (χ2n) is 3.49. The molecule has 1 aromatic heterocycles. The highest BCUT2D eigenvalue weighted by molar-refractivity contribution is 5.92. The van der Waals surface area contributed by atoms with E-state index in [1.54, 1.807) is 0 Å². The van der Waals surface area contributed by atoms with E-state index in [0.717, 1.165) is 4.90 Å². The molecule has 1 rings (SSSR count). The van der Waals surface area contributed by atoms with E-state index in [1.807, 2.05) is 0 Å². The molecule has 3 amide bonds. The predicted molar refractivity (Wildman–Crippen MR) is 62.0 cm³/mol. The third-order valence-corrected chi connectivity index (χ3v) is 1.97. The second-order valence-corrected chi connectivity index (χ2v) is 3.49. The van der Waals surface area contributed by atoms with Crippen LogP contribution in [0.3, 0.4) is 0 Å². The van der Waals surface area contributed by atoms with Gasteiger partial charge < -0.3 is 21.1 Å². The van der Waals surface area contributed by atoms with Crippen molar-refractivity contribution in [2.75, 3.05) is 18.9 Å².